The van der Waals surface area contributed by atoms with E-state index < -0.39 is 17.2 Å². The van der Waals surface area contributed by atoms with Gasteiger partial charge in [-0.05, 0) is 67.3 Å². The predicted molar refractivity (Wildman–Crippen MR) is 101 cm³/mol. The van der Waals surface area contributed by atoms with Crippen molar-refractivity contribution in [1.29, 1.82) is 0 Å². The van der Waals surface area contributed by atoms with Crippen LogP contribution in [0, 0.1) is 5.92 Å². The molecule has 2 heterocycles. The number of carbonyl (C=O) groups is 2. The van der Waals surface area contributed by atoms with E-state index in [1.165, 1.54) is 22.1 Å². The van der Waals surface area contributed by atoms with E-state index in [1.807, 2.05) is 26.0 Å². The highest BCUT2D eigenvalue weighted by Gasteiger charge is 2.47. The van der Waals surface area contributed by atoms with E-state index in [0.29, 0.717) is 17.6 Å². The number of hydrogen-bond acceptors (Lipinski definition) is 4. The SMILES string of the molecule is CC(C)C[C@]1(C)NC(=O)N(Cc2cc(=O)oc3cc4c(cc23)CCC4)C1=O. The van der Waals surface area contributed by atoms with Crippen LogP contribution in [-0.4, -0.2) is 22.4 Å². The van der Waals surface area contributed by atoms with Crippen LogP contribution < -0.4 is 10.9 Å². The Bertz CT molecular complexity index is 1010. The lowest BCUT2D eigenvalue weighted by molar-refractivity contribution is -0.131. The van der Waals surface area contributed by atoms with Crippen LogP contribution in [0.2, 0.25) is 0 Å². The molecular weight excluding hydrogens is 344 g/mol. The highest BCUT2D eigenvalue weighted by molar-refractivity contribution is 6.06. The minimum Gasteiger partial charge on any atom is -0.423 e. The number of fused-ring (bicyclic) bond motifs is 2. The fourth-order valence-corrected chi connectivity index (χ4v) is 4.44. The molecule has 142 valence electrons. The van der Waals surface area contributed by atoms with Gasteiger partial charge in [-0.3, -0.25) is 9.69 Å². The largest absolute Gasteiger partial charge is 0.423 e. The molecule has 4 rings (SSSR count). The van der Waals surface area contributed by atoms with E-state index in [9.17, 15) is 14.4 Å². The second kappa shape index (κ2) is 6.22. The van der Waals surface area contributed by atoms with Crippen molar-refractivity contribution < 1.29 is 14.0 Å². The molecule has 27 heavy (non-hydrogen) atoms. The Morgan fingerprint density at radius 2 is 1.85 bits per heavy atom. The van der Waals surface area contributed by atoms with Crippen LogP contribution in [0.15, 0.2) is 27.4 Å². The first-order valence-corrected chi connectivity index (χ1v) is 9.49. The lowest BCUT2D eigenvalue weighted by Gasteiger charge is -2.23. The normalized spacial score (nSPS) is 22.0. The lowest BCUT2D eigenvalue weighted by atomic mass is 9.91. The van der Waals surface area contributed by atoms with Gasteiger partial charge in [-0.1, -0.05) is 13.8 Å². The zero-order valence-electron chi connectivity index (χ0n) is 15.9. The van der Waals surface area contributed by atoms with Crippen molar-refractivity contribution in [2.24, 2.45) is 5.92 Å². The number of benzene rings is 1. The molecule has 1 aliphatic heterocycles. The van der Waals surface area contributed by atoms with Gasteiger partial charge in [0.05, 0.1) is 6.54 Å². The number of aryl methyl sites for hydroxylation is 2. The van der Waals surface area contributed by atoms with Crippen LogP contribution in [0.3, 0.4) is 0 Å². The third-order valence-corrected chi connectivity index (χ3v) is 5.53. The van der Waals surface area contributed by atoms with E-state index in [-0.39, 0.29) is 18.4 Å². The minimum absolute atomic E-state index is 0.0687. The van der Waals surface area contributed by atoms with Gasteiger partial charge in [-0.2, -0.15) is 0 Å². The summed E-state index contributed by atoms with van der Waals surface area (Å²) in [6.45, 7) is 5.87. The lowest BCUT2D eigenvalue weighted by Crippen LogP contribution is -2.44. The Morgan fingerprint density at radius 1 is 1.15 bits per heavy atom. The van der Waals surface area contributed by atoms with Gasteiger partial charge < -0.3 is 9.73 Å². The van der Waals surface area contributed by atoms with Crippen molar-refractivity contribution in [2.75, 3.05) is 0 Å². The molecule has 1 fully saturated rings. The molecule has 1 saturated heterocycles. The molecule has 1 N–H and O–H groups in total. The summed E-state index contributed by atoms with van der Waals surface area (Å²) in [6.07, 6.45) is 3.64. The van der Waals surface area contributed by atoms with Gasteiger partial charge >= 0.3 is 11.7 Å². The van der Waals surface area contributed by atoms with E-state index in [1.54, 1.807) is 6.92 Å². The molecule has 6 heteroatoms. The smallest absolute Gasteiger partial charge is 0.336 e. The Hall–Kier alpha value is -2.63. The molecule has 2 aliphatic rings. The second-order valence-corrected chi connectivity index (χ2v) is 8.31. The van der Waals surface area contributed by atoms with Crippen LogP contribution >= 0.6 is 0 Å². The van der Waals surface area contributed by atoms with Crippen molar-refractivity contribution in [3.05, 3.63) is 45.3 Å². The predicted octanol–water partition coefficient (Wildman–Crippen LogP) is 3.14. The zero-order valence-corrected chi connectivity index (χ0v) is 15.9. The topological polar surface area (TPSA) is 79.6 Å². The highest BCUT2D eigenvalue weighted by Crippen LogP contribution is 2.31. The van der Waals surface area contributed by atoms with Crippen LogP contribution in [-0.2, 0) is 24.2 Å². The fourth-order valence-electron chi connectivity index (χ4n) is 4.44. The van der Waals surface area contributed by atoms with Crippen LogP contribution in [0.25, 0.3) is 11.0 Å². The molecule has 1 atom stereocenters. The first-order valence-electron chi connectivity index (χ1n) is 9.49. The number of rotatable bonds is 4. The number of carbonyl (C=O) groups excluding carboxylic acids is 2. The van der Waals surface area contributed by atoms with Crippen LogP contribution in [0.4, 0.5) is 4.79 Å². The number of hydrogen-bond donors (Lipinski definition) is 1. The van der Waals surface area contributed by atoms with Gasteiger partial charge in [0.15, 0.2) is 0 Å². The van der Waals surface area contributed by atoms with Gasteiger partial charge in [0.1, 0.15) is 11.1 Å². The molecule has 6 nitrogen and oxygen atoms in total. The van der Waals surface area contributed by atoms with Gasteiger partial charge in [-0.15, -0.1) is 0 Å². The molecule has 1 aliphatic carbocycles. The third-order valence-electron chi connectivity index (χ3n) is 5.53. The molecule has 2 aromatic rings. The summed E-state index contributed by atoms with van der Waals surface area (Å²) in [7, 11) is 0. The zero-order chi connectivity index (χ0) is 19.3. The first kappa shape index (κ1) is 17.8. The molecule has 0 radical (unpaired) electrons. The van der Waals surface area contributed by atoms with Crippen molar-refractivity contribution in [2.45, 2.75) is 58.5 Å². The Labute approximate surface area is 157 Å². The standard InChI is InChI=1S/C21H24N2O4/c1-12(2)10-21(3)19(25)23(20(26)22-21)11-15-9-18(24)27-17-8-14-6-4-5-13(14)7-16(15)17/h7-9,12H,4-6,10-11H2,1-3H3,(H,22,26)/t21-/m0/s1. The van der Waals surface area contributed by atoms with Gasteiger partial charge in [0, 0.05) is 11.5 Å². The number of nitrogens with zero attached hydrogens (tertiary/aromatic N) is 1. The molecule has 0 unspecified atom stereocenters. The molecule has 0 spiro atoms. The number of urea groups is 1. The first-order chi connectivity index (χ1) is 12.8. The summed E-state index contributed by atoms with van der Waals surface area (Å²) in [5.74, 6) is 0.0233. The molecule has 1 aromatic heterocycles. The second-order valence-electron chi connectivity index (χ2n) is 8.31. The number of nitrogens with one attached hydrogen (secondary N) is 1. The van der Waals surface area contributed by atoms with E-state index >= 15 is 0 Å². The summed E-state index contributed by atoms with van der Waals surface area (Å²) < 4.78 is 5.38. The maximum absolute atomic E-state index is 12.9. The van der Waals surface area contributed by atoms with Crippen molar-refractivity contribution in [3.63, 3.8) is 0 Å². The molecule has 0 saturated carbocycles. The van der Waals surface area contributed by atoms with Gasteiger partial charge in [-0.25, -0.2) is 9.59 Å². The Balaban J connectivity index is 1.72. The summed E-state index contributed by atoms with van der Waals surface area (Å²) in [6, 6.07) is 4.95. The molecule has 0 bridgehead atoms. The van der Waals surface area contributed by atoms with Crippen molar-refractivity contribution in [3.8, 4) is 0 Å². The van der Waals surface area contributed by atoms with Gasteiger partial charge in [0.25, 0.3) is 5.91 Å². The summed E-state index contributed by atoms with van der Waals surface area (Å²) >= 11 is 0. The Morgan fingerprint density at radius 3 is 2.56 bits per heavy atom. The molecule has 1 aromatic carbocycles. The van der Waals surface area contributed by atoms with Crippen molar-refractivity contribution in [1.82, 2.24) is 10.2 Å². The maximum atomic E-state index is 12.9. The minimum atomic E-state index is -0.901. The van der Waals surface area contributed by atoms with Crippen LogP contribution in [0.5, 0.6) is 0 Å². The summed E-state index contributed by atoms with van der Waals surface area (Å²) in [5.41, 5.74) is 2.26. The van der Waals surface area contributed by atoms with E-state index in [4.69, 9.17) is 4.42 Å². The average molecular weight is 368 g/mol. The number of imide groups is 1. The highest BCUT2D eigenvalue weighted by atomic mass is 16.4. The summed E-state index contributed by atoms with van der Waals surface area (Å²) in [5, 5.41) is 3.62. The summed E-state index contributed by atoms with van der Waals surface area (Å²) in [4.78, 5) is 38.7. The molecular formula is C21H24N2O4. The quantitative estimate of drug-likeness (QED) is 0.664. The van der Waals surface area contributed by atoms with E-state index in [0.717, 1.165) is 24.6 Å². The third kappa shape index (κ3) is 3.03. The Kier molecular flexibility index (Phi) is 4.09. The molecule has 3 amide bonds. The number of amides is 3. The van der Waals surface area contributed by atoms with Crippen molar-refractivity contribution >= 4 is 22.9 Å². The average Bonchev–Trinajstić information content (AvgIpc) is 3.10. The van der Waals surface area contributed by atoms with Crippen LogP contribution in [0.1, 0.15) is 50.3 Å². The van der Waals surface area contributed by atoms with Gasteiger partial charge in [0.2, 0.25) is 0 Å². The fraction of sp³-hybridized carbons (Fsp3) is 0.476. The monoisotopic (exact) mass is 368 g/mol. The van der Waals surface area contributed by atoms with E-state index in [2.05, 4.69) is 5.32 Å². The maximum Gasteiger partial charge on any atom is 0.336 e.